The molecule has 0 saturated heterocycles. The third-order valence-corrected chi connectivity index (χ3v) is 7.36. The van der Waals surface area contributed by atoms with Gasteiger partial charge >= 0.3 is 6.18 Å². The van der Waals surface area contributed by atoms with Gasteiger partial charge in [0.15, 0.2) is 5.78 Å². The molecule has 2 heterocycles. The summed E-state index contributed by atoms with van der Waals surface area (Å²) >= 11 is 12.1. The van der Waals surface area contributed by atoms with Crippen molar-refractivity contribution in [2.75, 3.05) is 6.54 Å². The van der Waals surface area contributed by atoms with Crippen LogP contribution in [-0.4, -0.2) is 46.0 Å². The molecule has 13 heteroatoms. The zero-order valence-electron chi connectivity index (χ0n) is 20.3. The Morgan fingerprint density at radius 1 is 1.03 bits per heavy atom. The summed E-state index contributed by atoms with van der Waals surface area (Å²) in [6.45, 7) is -1.47. The highest BCUT2D eigenvalue weighted by atomic mass is 35.5. The number of ketones is 1. The van der Waals surface area contributed by atoms with Gasteiger partial charge in [0, 0.05) is 37.0 Å². The largest absolute Gasteiger partial charge is 0.431 e. The molecule has 1 fully saturated rings. The number of aromatic nitrogens is 1. The van der Waals surface area contributed by atoms with Crippen LogP contribution < -0.4 is 5.32 Å². The number of carbonyl (C=O) groups excluding carboxylic acids is 2. The minimum Gasteiger partial charge on any atom is -0.377 e. The van der Waals surface area contributed by atoms with E-state index in [1.165, 1.54) is 0 Å². The third-order valence-electron chi connectivity index (χ3n) is 6.78. The fourth-order valence-electron chi connectivity index (χ4n) is 5.06. The summed E-state index contributed by atoms with van der Waals surface area (Å²) < 4.78 is 70.5. The Kier molecular flexibility index (Phi) is 8.60. The van der Waals surface area contributed by atoms with Crippen LogP contribution in [0.1, 0.15) is 48.0 Å². The van der Waals surface area contributed by atoms with Gasteiger partial charge < -0.3 is 15.6 Å². The molecule has 6 nitrogen and oxygen atoms in total. The lowest BCUT2D eigenvalue weighted by molar-refractivity contribution is -0.129. The van der Waals surface area contributed by atoms with Crippen LogP contribution in [0, 0.1) is 23.0 Å². The number of hydrogen-bond acceptors (Lipinski definition) is 5. The van der Waals surface area contributed by atoms with E-state index >= 15 is 0 Å². The molecule has 0 radical (unpaired) electrons. The summed E-state index contributed by atoms with van der Waals surface area (Å²) in [6, 6.07) is 1.71. The normalized spacial score (nSPS) is 19.7. The van der Waals surface area contributed by atoms with E-state index in [1.54, 1.807) is 0 Å². The predicted octanol–water partition coefficient (Wildman–Crippen LogP) is 6.27. The lowest BCUT2D eigenvalue weighted by Gasteiger charge is -2.37. The van der Waals surface area contributed by atoms with Crippen LogP contribution in [0.4, 0.5) is 22.0 Å². The summed E-state index contributed by atoms with van der Waals surface area (Å²) in [6.07, 6.45) is 0.205. The van der Waals surface area contributed by atoms with Gasteiger partial charge in [0.05, 0.1) is 33.4 Å². The maximum atomic E-state index is 14.2. The fraction of sp³-hybridized carbons (Fsp3) is 0.385. The third kappa shape index (κ3) is 6.41. The van der Waals surface area contributed by atoms with E-state index in [2.05, 4.69) is 10.3 Å². The van der Waals surface area contributed by atoms with Gasteiger partial charge in [0.2, 0.25) is 0 Å². The van der Waals surface area contributed by atoms with Gasteiger partial charge in [0.1, 0.15) is 17.3 Å². The first kappa shape index (κ1) is 28.9. The van der Waals surface area contributed by atoms with Crippen molar-refractivity contribution in [2.24, 2.45) is 5.92 Å². The second-order valence-corrected chi connectivity index (χ2v) is 10.3. The summed E-state index contributed by atoms with van der Waals surface area (Å²) in [4.78, 5) is 31.5. The summed E-state index contributed by atoms with van der Waals surface area (Å²) in [5, 5.41) is 10.8. The molecule has 4 rings (SSSR count). The molecule has 1 amide bonds. The molecule has 1 saturated carbocycles. The van der Waals surface area contributed by atoms with Crippen molar-refractivity contribution in [1.82, 2.24) is 15.2 Å². The number of alkyl halides is 3. The molecule has 1 aliphatic heterocycles. The zero-order valence-corrected chi connectivity index (χ0v) is 21.9. The van der Waals surface area contributed by atoms with E-state index < -0.39 is 71.5 Å². The maximum Gasteiger partial charge on any atom is 0.431 e. The molecule has 1 aliphatic carbocycles. The molecule has 0 bridgehead atoms. The molecule has 1 aromatic carbocycles. The number of rotatable bonds is 6. The number of carbonyl (C=O) groups is 2. The first-order valence-corrected chi connectivity index (χ1v) is 12.9. The number of amides is 1. The van der Waals surface area contributed by atoms with Gasteiger partial charge in [-0.3, -0.25) is 14.6 Å². The van der Waals surface area contributed by atoms with Crippen molar-refractivity contribution < 1.29 is 31.5 Å². The lowest BCUT2D eigenvalue weighted by atomic mass is 9.81. The highest BCUT2D eigenvalue weighted by Crippen LogP contribution is 2.38. The molecule has 39 heavy (non-hydrogen) atoms. The molecule has 208 valence electrons. The maximum absolute atomic E-state index is 14.2. The van der Waals surface area contributed by atoms with Crippen LogP contribution in [0.15, 0.2) is 41.9 Å². The fourth-order valence-corrected chi connectivity index (χ4v) is 5.64. The summed E-state index contributed by atoms with van der Waals surface area (Å²) in [5.41, 5.74) is -3.12. The average molecular weight is 589 g/mol. The molecule has 2 aromatic rings. The van der Waals surface area contributed by atoms with Crippen molar-refractivity contribution in [3.05, 3.63) is 74.7 Å². The molecule has 1 aromatic heterocycles. The van der Waals surface area contributed by atoms with Crippen LogP contribution in [0.5, 0.6) is 0 Å². The van der Waals surface area contributed by atoms with E-state index in [0.717, 1.165) is 30.9 Å². The van der Waals surface area contributed by atoms with Crippen molar-refractivity contribution in [2.45, 2.75) is 50.9 Å². The van der Waals surface area contributed by atoms with Gasteiger partial charge in [-0.25, -0.2) is 8.78 Å². The zero-order chi connectivity index (χ0) is 28.5. The van der Waals surface area contributed by atoms with Gasteiger partial charge in [-0.1, -0.05) is 42.5 Å². The topological polar surface area (TPSA) is 86.2 Å². The molecule has 2 N–H and O–H groups in total. The number of nitrogens with one attached hydrogen (secondary N) is 2. The van der Waals surface area contributed by atoms with Crippen LogP contribution in [-0.2, 0) is 11.3 Å². The summed E-state index contributed by atoms with van der Waals surface area (Å²) in [5.74, 6) is -4.73. The molecule has 1 unspecified atom stereocenters. The van der Waals surface area contributed by atoms with Crippen LogP contribution in [0.3, 0.4) is 0 Å². The predicted molar refractivity (Wildman–Crippen MR) is 135 cm³/mol. The Hall–Kier alpha value is -3.05. The minimum atomic E-state index is -5.01. The van der Waals surface area contributed by atoms with Crippen LogP contribution >= 0.6 is 23.2 Å². The number of fused-ring (bicyclic) bond motifs is 1. The van der Waals surface area contributed by atoms with Crippen molar-refractivity contribution in [3.63, 3.8) is 0 Å². The van der Waals surface area contributed by atoms with Crippen molar-refractivity contribution >= 4 is 40.6 Å². The van der Waals surface area contributed by atoms with Crippen molar-refractivity contribution in [1.29, 1.82) is 5.41 Å². The Morgan fingerprint density at radius 3 is 2.26 bits per heavy atom. The number of halogens is 7. The highest BCUT2D eigenvalue weighted by Gasteiger charge is 2.48. The first-order valence-electron chi connectivity index (χ1n) is 12.1. The van der Waals surface area contributed by atoms with E-state index in [0.29, 0.717) is 36.6 Å². The second-order valence-electron chi connectivity index (χ2n) is 9.50. The Labute approximate surface area is 230 Å². The van der Waals surface area contributed by atoms with E-state index in [-0.39, 0.29) is 21.2 Å². The lowest BCUT2D eigenvalue weighted by Crippen LogP contribution is -2.52. The first-order chi connectivity index (χ1) is 18.4. The summed E-state index contributed by atoms with van der Waals surface area (Å²) in [7, 11) is 0. The number of benzene rings is 1. The SMILES string of the molecule is N=C1C(C(=O)N(CC(=O)c2c(Cl)cncc2Cl)Cc2cc(F)cc(F)c2)=C(C(F)(F)F)N[C@H]2CCCCCC12. The van der Waals surface area contributed by atoms with Gasteiger partial charge in [-0.05, 0) is 30.5 Å². The molecule has 2 aliphatic rings. The molecular formula is C26H23Cl2F5N4O2. The van der Waals surface area contributed by atoms with E-state index in [4.69, 9.17) is 28.6 Å². The Balaban J connectivity index is 1.79. The average Bonchev–Trinajstić information content (AvgIpc) is 3.08. The number of hydrogen-bond donors (Lipinski definition) is 2. The number of Topliss-reactive ketones (excluding diaryl/α,β-unsaturated/α-hetero) is 1. The molecule has 0 spiro atoms. The monoisotopic (exact) mass is 588 g/mol. The highest BCUT2D eigenvalue weighted by molar-refractivity contribution is 6.39. The molecule has 2 atom stereocenters. The standard InChI is InChI=1S/C26H23Cl2F5N4O2/c27-17-9-35-10-18(28)21(17)20(38)12-37(11-13-6-14(29)8-15(30)7-13)25(39)22-23(34)16-4-2-1-3-5-19(16)36-24(22)26(31,32)33/h6-10,16,19,34,36H,1-5,11-12H2/t16?,19-/m0/s1. The van der Waals surface area contributed by atoms with Crippen LogP contribution in [0.25, 0.3) is 0 Å². The minimum absolute atomic E-state index is 0.114. The van der Waals surface area contributed by atoms with Gasteiger partial charge in [-0.2, -0.15) is 13.2 Å². The smallest absolute Gasteiger partial charge is 0.377 e. The Bertz CT molecular complexity index is 1310. The van der Waals surface area contributed by atoms with Crippen molar-refractivity contribution in [3.8, 4) is 0 Å². The number of nitrogens with zero attached hydrogens (tertiary/aromatic N) is 2. The van der Waals surface area contributed by atoms with Gasteiger partial charge in [0.25, 0.3) is 5.91 Å². The van der Waals surface area contributed by atoms with E-state index in [9.17, 15) is 31.5 Å². The van der Waals surface area contributed by atoms with E-state index in [1.807, 2.05) is 0 Å². The number of allylic oxidation sites excluding steroid dienone is 1. The van der Waals surface area contributed by atoms with Gasteiger partial charge in [-0.15, -0.1) is 0 Å². The second kappa shape index (κ2) is 11.6. The van der Waals surface area contributed by atoms with Crippen LogP contribution in [0.2, 0.25) is 10.0 Å². The number of pyridine rings is 1. The quantitative estimate of drug-likeness (QED) is 0.308. The Morgan fingerprint density at radius 2 is 1.64 bits per heavy atom. The molecular weight excluding hydrogens is 566 g/mol.